The maximum Gasteiger partial charge on any atom is 0.139 e. The van der Waals surface area contributed by atoms with Crippen molar-refractivity contribution in [2.75, 3.05) is 0 Å². The van der Waals surface area contributed by atoms with Crippen LogP contribution >= 0.6 is 0 Å². The SMILES string of the molecule is C=CCC(C)(/C=C/CCCCC)C(C)=O. The topological polar surface area (TPSA) is 17.1 Å². The van der Waals surface area contributed by atoms with Crippen LogP contribution in [0.4, 0.5) is 0 Å². The second-order valence-electron chi connectivity index (χ2n) is 4.36. The molecule has 86 valence electrons. The molecule has 0 N–H and O–H groups in total. The molecule has 1 atom stereocenters. The standard InChI is InChI=1S/C14H24O/c1-5-7-8-9-10-12-14(4,11-6-2)13(3)15/h6,10,12H,2,5,7-9,11H2,1,3-4H3/b12-10+. The van der Waals surface area contributed by atoms with E-state index in [0.717, 1.165) is 12.8 Å². The molecule has 0 aliphatic carbocycles. The normalized spacial score (nSPS) is 15.1. The lowest BCUT2D eigenvalue weighted by molar-refractivity contribution is -0.123. The van der Waals surface area contributed by atoms with Crippen molar-refractivity contribution in [2.24, 2.45) is 5.41 Å². The molecule has 0 aliphatic heterocycles. The minimum absolute atomic E-state index is 0.217. The van der Waals surface area contributed by atoms with E-state index in [1.807, 2.05) is 19.1 Å². The van der Waals surface area contributed by atoms with E-state index in [-0.39, 0.29) is 11.2 Å². The molecule has 0 amide bonds. The Kier molecular flexibility index (Phi) is 7.02. The third-order valence-corrected chi connectivity index (χ3v) is 2.83. The first-order valence-corrected chi connectivity index (χ1v) is 5.86. The summed E-state index contributed by atoms with van der Waals surface area (Å²) in [5, 5.41) is 0. The Morgan fingerprint density at radius 3 is 2.53 bits per heavy atom. The first kappa shape index (κ1) is 14.2. The van der Waals surface area contributed by atoms with Gasteiger partial charge in [-0.2, -0.15) is 0 Å². The Bertz CT molecular complexity index is 227. The molecule has 0 aromatic rings. The predicted molar refractivity (Wildman–Crippen MR) is 66.9 cm³/mol. The predicted octanol–water partition coefficient (Wildman–Crippen LogP) is 4.29. The number of carbonyl (C=O) groups is 1. The zero-order valence-corrected chi connectivity index (χ0v) is 10.4. The van der Waals surface area contributed by atoms with Crippen LogP contribution in [-0.2, 0) is 4.79 Å². The van der Waals surface area contributed by atoms with E-state index in [4.69, 9.17) is 0 Å². The van der Waals surface area contributed by atoms with Crippen molar-refractivity contribution in [3.63, 3.8) is 0 Å². The molecule has 1 unspecified atom stereocenters. The molecule has 0 radical (unpaired) electrons. The van der Waals surface area contributed by atoms with Crippen molar-refractivity contribution < 1.29 is 4.79 Å². The minimum atomic E-state index is -0.339. The summed E-state index contributed by atoms with van der Waals surface area (Å²) < 4.78 is 0. The van der Waals surface area contributed by atoms with Crippen LogP contribution in [0.15, 0.2) is 24.8 Å². The number of carbonyl (C=O) groups excluding carboxylic acids is 1. The van der Waals surface area contributed by atoms with E-state index in [9.17, 15) is 4.79 Å². The van der Waals surface area contributed by atoms with Crippen LogP contribution < -0.4 is 0 Å². The van der Waals surface area contributed by atoms with Crippen LogP contribution in [0.2, 0.25) is 0 Å². The summed E-state index contributed by atoms with van der Waals surface area (Å²) in [6, 6.07) is 0. The van der Waals surface area contributed by atoms with Crippen LogP contribution in [0.1, 0.15) is 52.9 Å². The van der Waals surface area contributed by atoms with E-state index in [1.54, 1.807) is 6.92 Å². The van der Waals surface area contributed by atoms with Crippen LogP contribution in [0.3, 0.4) is 0 Å². The number of Topliss-reactive ketones (excluding diaryl/α,β-unsaturated/α-hetero) is 1. The van der Waals surface area contributed by atoms with Crippen molar-refractivity contribution in [1.29, 1.82) is 0 Å². The number of hydrogen-bond acceptors (Lipinski definition) is 1. The van der Waals surface area contributed by atoms with Gasteiger partial charge in [0.1, 0.15) is 5.78 Å². The lowest BCUT2D eigenvalue weighted by Gasteiger charge is -2.20. The molecule has 0 bridgehead atoms. The third-order valence-electron chi connectivity index (χ3n) is 2.83. The minimum Gasteiger partial charge on any atom is -0.299 e. The lowest BCUT2D eigenvalue weighted by atomic mass is 9.82. The molecule has 0 aromatic heterocycles. The van der Waals surface area contributed by atoms with Gasteiger partial charge in [0.05, 0.1) is 0 Å². The molecule has 0 rings (SSSR count). The van der Waals surface area contributed by atoms with Crippen molar-refractivity contribution in [3.8, 4) is 0 Å². The maximum atomic E-state index is 11.5. The Morgan fingerprint density at radius 1 is 1.40 bits per heavy atom. The van der Waals surface area contributed by atoms with Gasteiger partial charge in [-0.15, -0.1) is 6.58 Å². The average Bonchev–Trinajstić information content (AvgIpc) is 2.18. The molecule has 0 saturated carbocycles. The highest BCUT2D eigenvalue weighted by Crippen LogP contribution is 2.25. The van der Waals surface area contributed by atoms with Crippen LogP contribution in [-0.4, -0.2) is 5.78 Å². The van der Waals surface area contributed by atoms with Gasteiger partial charge < -0.3 is 0 Å². The van der Waals surface area contributed by atoms with Gasteiger partial charge in [-0.25, -0.2) is 0 Å². The molecule has 0 aliphatic rings. The Hall–Kier alpha value is -0.850. The Balaban J connectivity index is 4.16. The molecular weight excluding hydrogens is 184 g/mol. The fourth-order valence-corrected chi connectivity index (χ4v) is 1.48. The van der Waals surface area contributed by atoms with Gasteiger partial charge in [0, 0.05) is 5.41 Å². The first-order valence-electron chi connectivity index (χ1n) is 5.86. The van der Waals surface area contributed by atoms with E-state index < -0.39 is 0 Å². The second-order valence-corrected chi connectivity index (χ2v) is 4.36. The molecule has 0 aromatic carbocycles. The number of rotatable bonds is 8. The number of unbranched alkanes of at least 4 members (excludes halogenated alkanes) is 3. The summed E-state index contributed by atoms with van der Waals surface area (Å²) in [7, 11) is 0. The van der Waals surface area contributed by atoms with E-state index in [1.165, 1.54) is 19.3 Å². The highest BCUT2D eigenvalue weighted by molar-refractivity contribution is 5.84. The first-order chi connectivity index (χ1) is 7.06. The van der Waals surface area contributed by atoms with Gasteiger partial charge in [0.15, 0.2) is 0 Å². The Labute approximate surface area is 94.3 Å². The summed E-state index contributed by atoms with van der Waals surface area (Å²) in [6.45, 7) is 9.53. The summed E-state index contributed by atoms with van der Waals surface area (Å²) in [6.07, 6.45) is 11.5. The molecule has 1 nitrogen and oxygen atoms in total. The fraction of sp³-hybridized carbons (Fsp3) is 0.643. The van der Waals surface area contributed by atoms with Gasteiger partial charge >= 0.3 is 0 Å². The molecule has 0 saturated heterocycles. The van der Waals surface area contributed by atoms with E-state index in [2.05, 4.69) is 19.6 Å². The fourth-order valence-electron chi connectivity index (χ4n) is 1.48. The lowest BCUT2D eigenvalue weighted by Crippen LogP contribution is -2.21. The van der Waals surface area contributed by atoms with Gasteiger partial charge in [-0.3, -0.25) is 4.79 Å². The van der Waals surface area contributed by atoms with Crippen LogP contribution in [0, 0.1) is 5.41 Å². The molecule has 0 heterocycles. The summed E-state index contributed by atoms with van der Waals surface area (Å²) in [4.78, 5) is 11.5. The van der Waals surface area contributed by atoms with E-state index >= 15 is 0 Å². The van der Waals surface area contributed by atoms with Gasteiger partial charge in [-0.05, 0) is 33.1 Å². The summed E-state index contributed by atoms with van der Waals surface area (Å²) in [5.74, 6) is 0.217. The second kappa shape index (κ2) is 7.44. The Morgan fingerprint density at radius 2 is 2.07 bits per heavy atom. The largest absolute Gasteiger partial charge is 0.299 e. The zero-order valence-electron chi connectivity index (χ0n) is 10.4. The molecule has 15 heavy (non-hydrogen) atoms. The molecular formula is C14H24O. The van der Waals surface area contributed by atoms with Gasteiger partial charge in [-0.1, -0.05) is 38.0 Å². The van der Waals surface area contributed by atoms with Crippen LogP contribution in [0.25, 0.3) is 0 Å². The quantitative estimate of drug-likeness (QED) is 0.429. The van der Waals surface area contributed by atoms with E-state index in [0.29, 0.717) is 0 Å². The molecule has 0 spiro atoms. The van der Waals surface area contributed by atoms with Crippen molar-refractivity contribution in [3.05, 3.63) is 24.8 Å². The smallest absolute Gasteiger partial charge is 0.139 e. The highest BCUT2D eigenvalue weighted by atomic mass is 16.1. The zero-order chi connectivity index (χ0) is 11.7. The number of allylic oxidation sites excluding steroid dienone is 3. The summed E-state index contributed by atoms with van der Waals surface area (Å²) >= 11 is 0. The monoisotopic (exact) mass is 208 g/mol. The van der Waals surface area contributed by atoms with Crippen molar-refractivity contribution in [2.45, 2.75) is 52.9 Å². The highest BCUT2D eigenvalue weighted by Gasteiger charge is 2.24. The van der Waals surface area contributed by atoms with Crippen LogP contribution in [0.5, 0.6) is 0 Å². The average molecular weight is 208 g/mol. The molecule has 0 fully saturated rings. The van der Waals surface area contributed by atoms with Gasteiger partial charge in [0.25, 0.3) is 0 Å². The number of hydrogen-bond donors (Lipinski definition) is 0. The van der Waals surface area contributed by atoms with Gasteiger partial charge in [0.2, 0.25) is 0 Å². The van der Waals surface area contributed by atoms with Crippen molar-refractivity contribution >= 4 is 5.78 Å². The number of ketones is 1. The maximum absolute atomic E-state index is 11.5. The summed E-state index contributed by atoms with van der Waals surface area (Å²) in [5.41, 5.74) is -0.339. The van der Waals surface area contributed by atoms with Crippen molar-refractivity contribution in [1.82, 2.24) is 0 Å². The third kappa shape index (κ3) is 5.56. The molecule has 1 heteroatoms.